The van der Waals surface area contributed by atoms with E-state index in [1.165, 1.54) is 20.3 Å². The van der Waals surface area contributed by atoms with Gasteiger partial charge in [-0.15, -0.1) is 0 Å². The topological polar surface area (TPSA) is 100.0 Å². The van der Waals surface area contributed by atoms with Crippen LogP contribution in [0.15, 0.2) is 30.5 Å². The van der Waals surface area contributed by atoms with Gasteiger partial charge in [0.05, 0.1) is 41.8 Å². The third-order valence-corrected chi connectivity index (χ3v) is 6.16. The van der Waals surface area contributed by atoms with Crippen LogP contribution in [-0.2, 0) is 19.2 Å². The summed E-state index contributed by atoms with van der Waals surface area (Å²) in [4.78, 5) is 18.7. The number of carbonyl (C=O) groups excluding carboxylic acids is 1. The van der Waals surface area contributed by atoms with Crippen molar-refractivity contribution in [3.05, 3.63) is 58.8 Å². The number of carbonyl (C=O) groups is 1. The van der Waals surface area contributed by atoms with Crippen LogP contribution in [0.3, 0.4) is 0 Å². The average molecular weight is 472 g/mol. The second-order valence-electron chi connectivity index (χ2n) is 8.73. The summed E-state index contributed by atoms with van der Waals surface area (Å²) in [6, 6.07) is 8.41. The molecule has 0 bridgehead atoms. The number of benzene rings is 1. The van der Waals surface area contributed by atoms with Crippen molar-refractivity contribution in [1.82, 2.24) is 24.2 Å². The highest BCUT2D eigenvalue weighted by Gasteiger charge is 2.55. The lowest BCUT2D eigenvalue weighted by molar-refractivity contribution is -0.263. The first kappa shape index (κ1) is 23.5. The molecule has 0 fully saturated rings. The van der Waals surface area contributed by atoms with Gasteiger partial charge in [0.2, 0.25) is 5.60 Å². The van der Waals surface area contributed by atoms with Crippen LogP contribution in [0.5, 0.6) is 0 Å². The molecule has 2 atom stereocenters. The molecule has 1 N–H and O–H groups in total. The maximum absolute atomic E-state index is 13.4. The van der Waals surface area contributed by atoms with E-state index in [0.29, 0.717) is 29.6 Å². The number of fused-ring (bicyclic) bond motifs is 1. The second kappa shape index (κ2) is 7.99. The van der Waals surface area contributed by atoms with Crippen LogP contribution in [0.25, 0.3) is 11.3 Å². The van der Waals surface area contributed by atoms with Gasteiger partial charge in [0.1, 0.15) is 5.69 Å². The Hall–Kier alpha value is -3.65. The molecular weight excluding hydrogens is 449 g/mol. The summed E-state index contributed by atoms with van der Waals surface area (Å²) in [6.45, 7) is 4.39. The quantitative estimate of drug-likeness (QED) is 0.630. The fourth-order valence-electron chi connectivity index (χ4n) is 4.29. The van der Waals surface area contributed by atoms with Crippen molar-refractivity contribution in [1.29, 1.82) is 5.26 Å². The van der Waals surface area contributed by atoms with E-state index in [9.17, 15) is 23.1 Å². The highest BCUT2D eigenvalue weighted by atomic mass is 19.4. The van der Waals surface area contributed by atoms with Crippen LogP contribution in [0.4, 0.5) is 13.2 Å². The molecule has 0 radical (unpaired) electrons. The third-order valence-electron chi connectivity index (χ3n) is 6.16. The average Bonchev–Trinajstić information content (AvgIpc) is 3.36. The van der Waals surface area contributed by atoms with E-state index >= 15 is 0 Å². The monoisotopic (exact) mass is 472 g/mol. The van der Waals surface area contributed by atoms with E-state index in [1.807, 2.05) is 6.92 Å². The van der Waals surface area contributed by atoms with E-state index in [4.69, 9.17) is 5.26 Å². The molecule has 0 spiro atoms. The zero-order valence-corrected chi connectivity index (χ0v) is 19.1. The van der Waals surface area contributed by atoms with Gasteiger partial charge in [-0.3, -0.25) is 9.48 Å². The Balaban J connectivity index is 1.63. The van der Waals surface area contributed by atoms with Gasteiger partial charge >= 0.3 is 6.18 Å². The maximum atomic E-state index is 13.4. The van der Waals surface area contributed by atoms with Gasteiger partial charge in [-0.2, -0.15) is 23.5 Å². The van der Waals surface area contributed by atoms with Crippen LogP contribution in [-0.4, -0.2) is 48.0 Å². The molecule has 11 heteroatoms. The van der Waals surface area contributed by atoms with Gasteiger partial charge in [-0.05, 0) is 44.5 Å². The zero-order valence-electron chi connectivity index (χ0n) is 19.1. The fourth-order valence-corrected chi connectivity index (χ4v) is 4.29. The number of nitriles is 1. The number of aryl methyl sites for hydroxylation is 2. The van der Waals surface area contributed by atoms with Gasteiger partial charge in [-0.1, -0.05) is 6.07 Å². The van der Waals surface area contributed by atoms with Crippen LogP contribution >= 0.6 is 0 Å². The van der Waals surface area contributed by atoms with Gasteiger partial charge in [-0.25, -0.2) is 4.98 Å². The Morgan fingerprint density at radius 2 is 2.00 bits per heavy atom. The number of alkyl halides is 3. The first-order valence-corrected chi connectivity index (χ1v) is 10.5. The first-order chi connectivity index (χ1) is 15.8. The smallest absolute Gasteiger partial charge is 0.374 e. The Bertz CT molecular complexity index is 1320. The van der Waals surface area contributed by atoms with Crippen molar-refractivity contribution < 1.29 is 23.1 Å². The van der Waals surface area contributed by atoms with Crippen molar-refractivity contribution in [2.45, 2.75) is 45.1 Å². The van der Waals surface area contributed by atoms with Crippen molar-refractivity contribution >= 4 is 5.91 Å². The molecule has 1 amide bonds. The molecule has 178 valence electrons. The standard InChI is InChI=1S/C23H23F3N6O2/c1-13-7-15(9-27)5-6-17(13)18-8-19(30(4)29-18)20(33)31-11-14(2)32-16(12-31)10-28-21(32)22(3,34)23(24,25)26/h5-8,10,14,34H,11-12H2,1-4H3/t14-,22?/m0/s1. The SMILES string of the molecule is Cc1cc(C#N)ccc1-c1cc(C(=O)N2Cc3cnc(C(C)(O)C(F)(F)F)n3[C@@H](C)C2)n(C)n1. The molecule has 0 saturated carbocycles. The van der Waals surface area contributed by atoms with Crippen LogP contribution in [0, 0.1) is 18.3 Å². The Morgan fingerprint density at radius 3 is 2.62 bits per heavy atom. The largest absolute Gasteiger partial charge is 0.424 e. The molecule has 0 aliphatic carbocycles. The highest BCUT2D eigenvalue weighted by Crippen LogP contribution is 2.40. The lowest BCUT2D eigenvalue weighted by atomic mass is 10.0. The van der Waals surface area contributed by atoms with Crippen molar-refractivity contribution in [3.8, 4) is 17.3 Å². The van der Waals surface area contributed by atoms with Gasteiger partial charge in [0.25, 0.3) is 5.91 Å². The second-order valence-corrected chi connectivity index (χ2v) is 8.73. The highest BCUT2D eigenvalue weighted by molar-refractivity contribution is 5.94. The number of aliphatic hydroxyl groups is 1. The molecule has 8 nitrogen and oxygen atoms in total. The molecule has 2 aromatic heterocycles. The van der Waals surface area contributed by atoms with Gasteiger partial charge in [0.15, 0.2) is 5.82 Å². The molecule has 1 aromatic carbocycles. The summed E-state index contributed by atoms with van der Waals surface area (Å²) in [5, 5.41) is 23.6. The Kier molecular flexibility index (Phi) is 5.52. The van der Waals surface area contributed by atoms with E-state index in [1.54, 1.807) is 38.2 Å². The van der Waals surface area contributed by atoms with E-state index < -0.39 is 23.6 Å². The van der Waals surface area contributed by atoms with E-state index in [2.05, 4.69) is 16.2 Å². The number of imidazole rings is 1. The number of hydrogen-bond donors (Lipinski definition) is 1. The number of hydrogen-bond acceptors (Lipinski definition) is 5. The lowest BCUT2D eigenvalue weighted by Crippen LogP contribution is -2.45. The van der Waals surface area contributed by atoms with Crippen LogP contribution in [0.2, 0.25) is 0 Å². The number of rotatable bonds is 3. The molecule has 1 unspecified atom stereocenters. The summed E-state index contributed by atoms with van der Waals surface area (Å²) in [5.74, 6) is -0.815. The van der Waals surface area contributed by atoms with E-state index in [-0.39, 0.29) is 19.0 Å². The van der Waals surface area contributed by atoms with Crippen LogP contribution < -0.4 is 0 Å². The third kappa shape index (κ3) is 3.74. The summed E-state index contributed by atoms with van der Waals surface area (Å²) in [6.07, 6.45) is -3.63. The van der Waals surface area contributed by atoms with Gasteiger partial charge < -0.3 is 14.6 Å². The zero-order chi connectivity index (χ0) is 25.0. The summed E-state index contributed by atoms with van der Waals surface area (Å²) in [5.41, 5.74) is 0.344. The molecular formula is C23H23F3N6O2. The van der Waals surface area contributed by atoms with Crippen molar-refractivity contribution in [2.24, 2.45) is 7.05 Å². The Labute approximate surface area is 193 Å². The molecule has 3 heterocycles. The number of nitrogens with zero attached hydrogens (tertiary/aromatic N) is 6. The normalized spacial score (nSPS) is 17.7. The number of amides is 1. The molecule has 0 saturated heterocycles. The predicted octanol–water partition coefficient (Wildman–Crippen LogP) is 3.45. The minimum atomic E-state index is -4.89. The van der Waals surface area contributed by atoms with Crippen molar-refractivity contribution in [3.63, 3.8) is 0 Å². The number of aromatic nitrogens is 4. The summed E-state index contributed by atoms with van der Waals surface area (Å²) >= 11 is 0. The maximum Gasteiger partial charge on any atom is 0.424 e. The fraction of sp³-hybridized carbons (Fsp3) is 0.391. The minimum absolute atomic E-state index is 0.0422. The minimum Gasteiger partial charge on any atom is -0.374 e. The Morgan fingerprint density at radius 1 is 1.29 bits per heavy atom. The van der Waals surface area contributed by atoms with Crippen molar-refractivity contribution in [2.75, 3.05) is 6.54 Å². The first-order valence-electron chi connectivity index (χ1n) is 10.5. The predicted molar refractivity (Wildman–Crippen MR) is 115 cm³/mol. The summed E-state index contributed by atoms with van der Waals surface area (Å²) in [7, 11) is 1.64. The molecule has 3 aromatic rings. The van der Waals surface area contributed by atoms with Crippen LogP contribution in [0.1, 0.15) is 53.0 Å². The van der Waals surface area contributed by atoms with Gasteiger partial charge in [0, 0.05) is 19.2 Å². The molecule has 1 aliphatic heterocycles. The molecule has 4 rings (SSSR count). The summed E-state index contributed by atoms with van der Waals surface area (Å²) < 4.78 is 43.0. The van der Waals surface area contributed by atoms with E-state index in [0.717, 1.165) is 11.1 Å². The molecule has 1 aliphatic rings. The lowest BCUT2D eigenvalue weighted by Gasteiger charge is -2.36. The number of halogens is 3. The molecule has 34 heavy (non-hydrogen) atoms.